The normalized spacial score (nSPS) is 27.4. The number of hydrogen-bond donors (Lipinski definition) is 1. The van der Waals surface area contributed by atoms with Gasteiger partial charge in [0.15, 0.2) is 16.6 Å². The van der Waals surface area contributed by atoms with Crippen molar-refractivity contribution in [3.05, 3.63) is 0 Å². The molecule has 1 N–H and O–H groups in total. The molecule has 258 valence electrons. The van der Waals surface area contributed by atoms with E-state index in [0.29, 0.717) is 19.3 Å². The van der Waals surface area contributed by atoms with E-state index in [0.717, 1.165) is 32.1 Å². The van der Waals surface area contributed by atoms with E-state index < -0.39 is 45.6 Å². The summed E-state index contributed by atoms with van der Waals surface area (Å²) in [6.07, 6.45) is -5.46. The lowest BCUT2D eigenvalue weighted by atomic mass is 9.56. The average molecular weight is 673 g/mol. The van der Waals surface area contributed by atoms with Crippen LogP contribution in [0.25, 0.3) is 0 Å². The minimum atomic E-state index is -5.96. The van der Waals surface area contributed by atoms with Gasteiger partial charge in [-0.2, -0.15) is 26.3 Å². The summed E-state index contributed by atoms with van der Waals surface area (Å²) in [6, 6.07) is 0. The van der Waals surface area contributed by atoms with Crippen LogP contribution in [0.1, 0.15) is 106 Å². The summed E-state index contributed by atoms with van der Waals surface area (Å²) in [5, 5.41) is 9.78. The van der Waals surface area contributed by atoms with Crippen molar-refractivity contribution in [1.82, 2.24) is 0 Å². The highest BCUT2D eigenvalue weighted by molar-refractivity contribution is 6.74. The van der Waals surface area contributed by atoms with Crippen molar-refractivity contribution in [3.63, 3.8) is 0 Å². The predicted molar refractivity (Wildman–Crippen MR) is 170 cm³/mol. The van der Waals surface area contributed by atoms with Crippen LogP contribution in [0, 0.1) is 34.5 Å². The van der Waals surface area contributed by atoms with Crippen LogP contribution < -0.4 is 0 Å². The number of halogens is 6. The molecule has 0 aromatic rings. The summed E-state index contributed by atoms with van der Waals surface area (Å²) >= 11 is 0. The minimum absolute atomic E-state index is 0.0333. The van der Waals surface area contributed by atoms with Crippen LogP contribution in [-0.4, -0.2) is 51.4 Å². The van der Waals surface area contributed by atoms with Crippen LogP contribution in [0.3, 0.4) is 0 Å². The van der Waals surface area contributed by atoms with Gasteiger partial charge in [-0.1, -0.05) is 53.4 Å². The highest BCUT2D eigenvalue weighted by atomic mass is 28.4. The molecule has 11 heteroatoms. The largest absolute Gasteiger partial charge is 0.438 e. The van der Waals surface area contributed by atoms with Gasteiger partial charge in [-0.15, -0.1) is 0 Å². The second kappa shape index (κ2) is 12.8. The van der Waals surface area contributed by atoms with Crippen molar-refractivity contribution >= 4 is 16.6 Å². The van der Waals surface area contributed by atoms with Crippen molar-refractivity contribution in [2.24, 2.45) is 22.7 Å². The Morgan fingerprint density at radius 1 is 0.841 bits per heavy atom. The predicted octanol–water partition coefficient (Wildman–Crippen LogP) is 10.6. The number of fused-ring (bicyclic) bond motifs is 1. The van der Waals surface area contributed by atoms with Gasteiger partial charge in [-0.25, -0.2) is 0 Å². The van der Waals surface area contributed by atoms with Crippen molar-refractivity contribution in [1.29, 1.82) is 0 Å². The van der Waals surface area contributed by atoms with Crippen molar-refractivity contribution in [3.8, 4) is 11.8 Å². The number of aliphatic hydroxyl groups is 1. The first-order valence-corrected chi connectivity index (χ1v) is 22.5. The Morgan fingerprint density at radius 2 is 1.39 bits per heavy atom. The topological polar surface area (TPSA) is 38.7 Å². The minimum Gasteiger partial charge on any atom is -0.414 e. The van der Waals surface area contributed by atoms with Crippen LogP contribution in [0.4, 0.5) is 26.3 Å². The quantitative estimate of drug-likeness (QED) is 0.143. The van der Waals surface area contributed by atoms with E-state index in [1.54, 1.807) is 0 Å². The fourth-order valence-corrected chi connectivity index (χ4v) is 11.0. The van der Waals surface area contributed by atoms with E-state index in [9.17, 15) is 31.4 Å². The summed E-state index contributed by atoms with van der Waals surface area (Å²) in [6.45, 7) is 25.8. The summed E-state index contributed by atoms with van der Waals surface area (Å²) in [5.74, 6) is 3.78. The molecule has 0 aromatic heterocycles. The molecule has 2 aliphatic carbocycles. The molecule has 0 unspecified atom stereocenters. The molecule has 0 heterocycles. The van der Waals surface area contributed by atoms with Gasteiger partial charge in [-0.3, -0.25) is 0 Å². The van der Waals surface area contributed by atoms with E-state index in [1.165, 1.54) is 5.92 Å². The van der Waals surface area contributed by atoms with Crippen LogP contribution >= 0.6 is 0 Å². The van der Waals surface area contributed by atoms with Crippen LogP contribution in [0.15, 0.2) is 0 Å². The van der Waals surface area contributed by atoms with E-state index in [-0.39, 0.29) is 34.8 Å². The van der Waals surface area contributed by atoms with E-state index in [4.69, 9.17) is 8.85 Å². The maximum Gasteiger partial charge on any atom is 0.438 e. The fourth-order valence-electron chi connectivity index (χ4n) is 7.82. The molecule has 3 nitrogen and oxygen atoms in total. The van der Waals surface area contributed by atoms with Gasteiger partial charge in [0, 0.05) is 12.5 Å². The highest BCUT2D eigenvalue weighted by Gasteiger charge is 2.70. The molecule has 2 rings (SSSR count). The Kier molecular flexibility index (Phi) is 11.5. The third-order valence-electron chi connectivity index (χ3n) is 10.8. The molecule has 0 aliphatic heterocycles. The maximum atomic E-state index is 13.4. The number of alkyl halides is 6. The Morgan fingerprint density at radius 3 is 1.86 bits per heavy atom. The Labute approximate surface area is 264 Å². The zero-order valence-electron chi connectivity index (χ0n) is 29.1. The van der Waals surface area contributed by atoms with Crippen LogP contribution in [0.2, 0.25) is 37.8 Å². The van der Waals surface area contributed by atoms with Crippen molar-refractivity contribution in [2.45, 2.75) is 174 Å². The van der Waals surface area contributed by atoms with E-state index in [2.05, 4.69) is 66.4 Å². The van der Waals surface area contributed by atoms with Gasteiger partial charge in [0.2, 0.25) is 0 Å². The summed E-state index contributed by atoms with van der Waals surface area (Å²) in [5.41, 5.74) is -6.32. The van der Waals surface area contributed by atoms with Crippen LogP contribution in [0.5, 0.6) is 0 Å². The first-order valence-electron chi connectivity index (χ1n) is 16.1. The summed E-state index contributed by atoms with van der Waals surface area (Å²) < 4.78 is 94.0. The van der Waals surface area contributed by atoms with Crippen LogP contribution in [-0.2, 0) is 8.85 Å². The van der Waals surface area contributed by atoms with E-state index in [1.807, 2.05) is 20.8 Å². The van der Waals surface area contributed by atoms with Gasteiger partial charge >= 0.3 is 18.0 Å². The molecule has 44 heavy (non-hydrogen) atoms. The molecule has 2 fully saturated rings. The Hall–Kier alpha value is -0.546. The second-order valence-corrected chi connectivity index (χ2v) is 26.4. The molecule has 0 aromatic carbocycles. The molecule has 0 amide bonds. The molecular weight excluding hydrogens is 615 g/mol. The Bertz CT molecular complexity index is 1030. The first-order chi connectivity index (χ1) is 19.4. The lowest BCUT2D eigenvalue weighted by Gasteiger charge is -2.52. The van der Waals surface area contributed by atoms with Crippen molar-refractivity contribution < 1.29 is 40.3 Å². The number of rotatable bonds is 10. The molecule has 0 spiro atoms. The van der Waals surface area contributed by atoms with Gasteiger partial charge in [0.25, 0.3) is 0 Å². The smallest absolute Gasteiger partial charge is 0.414 e. The monoisotopic (exact) mass is 672 g/mol. The Balaban J connectivity index is 2.47. The summed E-state index contributed by atoms with van der Waals surface area (Å²) in [4.78, 5) is 0. The highest BCUT2D eigenvalue weighted by Crippen LogP contribution is 2.63. The maximum absolute atomic E-state index is 13.4. The average Bonchev–Trinajstić information content (AvgIpc) is 3.13. The molecule has 0 bridgehead atoms. The van der Waals surface area contributed by atoms with Gasteiger partial charge < -0.3 is 14.0 Å². The molecular formula is C33H58F6O3Si2. The third kappa shape index (κ3) is 8.87. The molecule has 0 radical (unpaired) electrons. The SMILES string of the molecule is CC(C)(CCC[C@](C)(CC#CC(O)(C(F)(F)F)C(F)(F)F)[C@H]1CC[C@H]2[C@@H](O[Si](C)(C)C(C)(C)C)CCC[C@]12C)O[Si](C)(C)C. The van der Waals surface area contributed by atoms with Crippen molar-refractivity contribution in [2.75, 3.05) is 0 Å². The zero-order chi connectivity index (χ0) is 34.4. The van der Waals surface area contributed by atoms with E-state index >= 15 is 0 Å². The third-order valence-corrected chi connectivity index (χ3v) is 16.5. The molecule has 5 atom stereocenters. The lowest BCUT2D eigenvalue weighted by Crippen LogP contribution is -2.55. The lowest BCUT2D eigenvalue weighted by molar-refractivity contribution is -0.343. The van der Waals surface area contributed by atoms with Gasteiger partial charge in [0.05, 0.1) is 5.60 Å². The zero-order valence-corrected chi connectivity index (χ0v) is 31.1. The first kappa shape index (κ1) is 39.6. The molecule has 2 saturated carbocycles. The van der Waals surface area contributed by atoms with Gasteiger partial charge in [-0.05, 0) is 119 Å². The molecule has 2 aliphatic rings. The molecule has 0 saturated heterocycles. The standard InChI is InChI=1S/C33H58F6O3Si2/c1-27(2,3)44(11,12)41-25-16-13-22-30(7)24(25)17-18-26(30)29(6,20-14-19-28(4,5)42-43(8,9)10)21-15-23-31(40,32(34,35)36)33(37,38)39/h24-26,40H,13-14,16-22H2,1-12H3/t24-,25-,26+,29+,30-/m0/s1. The number of hydrogen-bond acceptors (Lipinski definition) is 3. The second-order valence-electron chi connectivity index (χ2n) is 17.2. The summed E-state index contributed by atoms with van der Waals surface area (Å²) in [7, 11) is -3.91. The van der Waals surface area contributed by atoms with Gasteiger partial charge in [0.1, 0.15) is 0 Å². The fraction of sp³-hybridized carbons (Fsp3) is 0.939.